The molecule has 0 saturated heterocycles. The summed E-state index contributed by atoms with van der Waals surface area (Å²) in [5.74, 6) is 0.735. The normalized spacial score (nSPS) is 11.2. The third-order valence-corrected chi connectivity index (χ3v) is 3.92. The van der Waals surface area contributed by atoms with E-state index in [2.05, 4.69) is 24.3 Å². The fourth-order valence-electron chi connectivity index (χ4n) is 2.53. The van der Waals surface area contributed by atoms with E-state index < -0.39 is 0 Å². The predicted octanol–water partition coefficient (Wildman–Crippen LogP) is 5.91. The van der Waals surface area contributed by atoms with Crippen LogP contribution in [0, 0.1) is 0 Å². The zero-order valence-corrected chi connectivity index (χ0v) is 11.4. The smallest absolute Gasteiger partial charge is 0.154 e. The van der Waals surface area contributed by atoms with E-state index in [0.29, 0.717) is 5.02 Å². The van der Waals surface area contributed by atoms with E-state index in [9.17, 15) is 0 Å². The summed E-state index contributed by atoms with van der Waals surface area (Å²) in [6.45, 7) is 0. The summed E-state index contributed by atoms with van der Waals surface area (Å²) < 4.78 is 5.90. The van der Waals surface area contributed by atoms with Crippen LogP contribution in [0.2, 0.25) is 5.02 Å². The molecule has 0 unspecified atom stereocenters. The highest BCUT2D eigenvalue weighted by molar-refractivity contribution is 6.38. The van der Waals surface area contributed by atoms with Crippen LogP contribution in [0.5, 0.6) is 0 Å². The molecule has 0 amide bonds. The highest BCUT2D eigenvalue weighted by Crippen LogP contribution is 2.38. The number of hydrogen-bond donors (Lipinski definition) is 0. The van der Waals surface area contributed by atoms with Gasteiger partial charge in [-0.25, -0.2) is 0 Å². The van der Waals surface area contributed by atoms with Crippen LogP contribution in [0.1, 0.15) is 0 Å². The van der Waals surface area contributed by atoms with E-state index in [0.717, 1.165) is 22.3 Å². The lowest BCUT2D eigenvalue weighted by Gasteiger charge is -2.01. The second kappa shape index (κ2) is 4.39. The van der Waals surface area contributed by atoms with E-state index in [1.54, 1.807) is 0 Å². The zero-order valence-electron chi connectivity index (χ0n) is 10.6. The Kier molecular flexibility index (Phi) is 2.54. The first kappa shape index (κ1) is 11.6. The second-order valence-corrected chi connectivity index (χ2v) is 5.18. The van der Waals surface area contributed by atoms with Crippen LogP contribution in [-0.2, 0) is 0 Å². The molecule has 0 saturated carbocycles. The molecule has 1 aromatic heterocycles. The molecule has 4 rings (SSSR count). The van der Waals surface area contributed by atoms with Crippen molar-refractivity contribution in [3.8, 4) is 11.3 Å². The summed E-state index contributed by atoms with van der Waals surface area (Å²) >= 11 is 6.45. The van der Waals surface area contributed by atoms with Gasteiger partial charge in [0.05, 0.1) is 5.02 Å². The Balaban J connectivity index is 1.98. The standard InChI is InChI=1S/C18H11ClO/c19-17-15-7-3-4-8-16(15)20-18(17)14-10-9-12-5-1-2-6-13(12)11-14/h1-11H. The Morgan fingerprint density at radius 2 is 1.50 bits per heavy atom. The molecule has 1 nitrogen and oxygen atoms in total. The third kappa shape index (κ3) is 1.71. The van der Waals surface area contributed by atoms with Gasteiger partial charge in [0.1, 0.15) is 5.58 Å². The SMILES string of the molecule is Clc1c(-c2ccc3ccccc3c2)oc2ccccc12. The molecule has 1 heterocycles. The molecule has 96 valence electrons. The van der Waals surface area contributed by atoms with Crippen molar-refractivity contribution >= 4 is 33.3 Å². The molecule has 0 aliphatic carbocycles. The minimum Gasteiger partial charge on any atom is -0.454 e. The number of benzene rings is 3. The van der Waals surface area contributed by atoms with Crippen LogP contribution < -0.4 is 0 Å². The number of halogens is 1. The van der Waals surface area contributed by atoms with Gasteiger partial charge in [-0.05, 0) is 29.0 Å². The third-order valence-electron chi connectivity index (χ3n) is 3.55. The van der Waals surface area contributed by atoms with Gasteiger partial charge in [0.2, 0.25) is 0 Å². The van der Waals surface area contributed by atoms with Crippen molar-refractivity contribution in [3.05, 3.63) is 71.8 Å². The van der Waals surface area contributed by atoms with Crippen LogP contribution in [0.25, 0.3) is 33.1 Å². The van der Waals surface area contributed by atoms with E-state index in [1.165, 1.54) is 10.8 Å². The topological polar surface area (TPSA) is 13.1 Å². The molecular weight excluding hydrogens is 268 g/mol. The Morgan fingerprint density at radius 1 is 0.750 bits per heavy atom. The summed E-state index contributed by atoms with van der Waals surface area (Å²) in [6, 6.07) is 22.3. The van der Waals surface area contributed by atoms with Crippen molar-refractivity contribution in [1.29, 1.82) is 0 Å². The van der Waals surface area contributed by atoms with Crippen LogP contribution in [-0.4, -0.2) is 0 Å². The molecule has 0 aliphatic rings. The largest absolute Gasteiger partial charge is 0.454 e. The average Bonchev–Trinajstić information content (AvgIpc) is 2.84. The molecule has 0 bridgehead atoms. The van der Waals surface area contributed by atoms with Gasteiger partial charge in [0.15, 0.2) is 5.76 Å². The maximum absolute atomic E-state index is 6.45. The van der Waals surface area contributed by atoms with E-state index in [4.69, 9.17) is 16.0 Å². The Morgan fingerprint density at radius 3 is 2.35 bits per heavy atom. The van der Waals surface area contributed by atoms with Crippen LogP contribution >= 0.6 is 11.6 Å². The monoisotopic (exact) mass is 278 g/mol. The van der Waals surface area contributed by atoms with Crippen LogP contribution in [0.4, 0.5) is 0 Å². The molecule has 0 N–H and O–H groups in total. The van der Waals surface area contributed by atoms with Crippen molar-refractivity contribution in [2.45, 2.75) is 0 Å². The van der Waals surface area contributed by atoms with Crippen molar-refractivity contribution < 1.29 is 4.42 Å². The van der Waals surface area contributed by atoms with Gasteiger partial charge in [0.25, 0.3) is 0 Å². The fourth-order valence-corrected chi connectivity index (χ4v) is 2.83. The van der Waals surface area contributed by atoms with Gasteiger partial charge < -0.3 is 4.42 Å². The summed E-state index contributed by atoms with van der Waals surface area (Å²) in [5, 5.41) is 4.03. The van der Waals surface area contributed by atoms with Gasteiger partial charge in [-0.15, -0.1) is 0 Å². The molecule has 20 heavy (non-hydrogen) atoms. The Hall–Kier alpha value is -2.25. The predicted molar refractivity (Wildman–Crippen MR) is 84.2 cm³/mol. The molecule has 0 atom stereocenters. The maximum atomic E-state index is 6.45. The molecule has 4 aromatic rings. The first-order valence-corrected chi connectivity index (χ1v) is 6.87. The van der Waals surface area contributed by atoms with Crippen molar-refractivity contribution in [1.82, 2.24) is 0 Å². The van der Waals surface area contributed by atoms with Gasteiger partial charge in [0, 0.05) is 10.9 Å². The maximum Gasteiger partial charge on any atom is 0.154 e. The lowest BCUT2D eigenvalue weighted by molar-refractivity contribution is 0.632. The van der Waals surface area contributed by atoms with E-state index in [-0.39, 0.29) is 0 Å². The zero-order chi connectivity index (χ0) is 13.5. The fraction of sp³-hybridized carbons (Fsp3) is 0. The van der Waals surface area contributed by atoms with Crippen molar-refractivity contribution in [2.75, 3.05) is 0 Å². The Bertz CT molecular complexity index is 921. The highest BCUT2D eigenvalue weighted by atomic mass is 35.5. The molecule has 2 heteroatoms. The minimum atomic E-state index is 0.677. The van der Waals surface area contributed by atoms with E-state index >= 15 is 0 Å². The van der Waals surface area contributed by atoms with Crippen molar-refractivity contribution in [3.63, 3.8) is 0 Å². The Labute approximate surface area is 121 Å². The first-order chi connectivity index (χ1) is 9.83. The molecule has 0 aliphatic heterocycles. The van der Waals surface area contributed by atoms with Gasteiger partial charge in [-0.3, -0.25) is 0 Å². The molecule has 0 spiro atoms. The van der Waals surface area contributed by atoms with Crippen LogP contribution in [0.3, 0.4) is 0 Å². The quantitative estimate of drug-likeness (QED) is 0.422. The number of furan rings is 1. The molecule has 0 fully saturated rings. The van der Waals surface area contributed by atoms with Crippen LogP contribution in [0.15, 0.2) is 71.1 Å². The number of para-hydroxylation sites is 1. The summed E-state index contributed by atoms with van der Waals surface area (Å²) in [4.78, 5) is 0. The summed E-state index contributed by atoms with van der Waals surface area (Å²) in [5.41, 5.74) is 1.82. The first-order valence-electron chi connectivity index (χ1n) is 6.49. The summed E-state index contributed by atoms with van der Waals surface area (Å²) in [7, 11) is 0. The second-order valence-electron chi connectivity index (χ2n) is 4.80. The number of hydrogen-bond acceptors (Lipinski definition) is 1. The van der Waals surface area contributed by atoms with Gasteiger partial charge >= 0.3 is 0 Å². The number of fused-ring (bicyclic) bond motifs is 2. The van der Waals surface area contributed by atoms with Gasteiger partial charge in [-0.2, -0.15) is 0 Å². The lowest BCUT2D eigenvalue weighted by atomic mass is 10.1. The minimum absolute atomic E-state index is 0.677. The van der Waals surface area contributed by atoms with E-state index in [1.807, 2.05) is 42.5 Å². The molecule has 0 radical (unpaired) electrons. The molecular formula is C18H11ClO. The van der Waals surface area contributed by atoms with Crippen molar-refractivity contribution in [2.24, 2.45) is 0 Å². The molecule has 3 aromatic carbocycles. The number of rotatable bonds is 1. The average molecular weight is 279 g/mol. The highest BCUT2D eigenvalue weighted by Gasteiger charge is 2.13. The summed E-state index contributed by atoms with van der Waals surface area (Å²) in [6.07, 6.45) is 0. The van der Waals surface area contributed by atoms with Gasteiger partial charge in [-0.1, -0.05) is 60.1 Å². The lowest BCUT2D eigenvalue weighted by Crippen LogP contribution is -1.77.